The number of pyridine rings is 2. The summed E-state index contributed by atoms with van der Waals surface area (Å²) in [5, 5.41) is 3.22. The van der Waals surface area contributed by atoms with Crippen molar-refractivity contribution in [1.29, 1.82) is 0 Å². The summed E-state index contributed by atoms with van der Waals surface area (Å²) in [7, 11) is 0. The molecule has 0 aliphatic rings. The van der Waals surface area contributed by atoms with E-state index < -0.39 is 11.8 Å². The van der Waals surface area contributed by atoms with Crippen LogP contribution in [0.1, 0.15) is 22.6 Å². The van der Waals surface area contributed by atoms with Gasteiger partial charge in [0.05, 0.1) is 5.92 Å². The van der Waals surface area contributed by atoms with Gasteiger partial charge in [-0.2, -0.15) is 0 Å². The Morgan fingerprint density at radius 2 is 2.00 bits per heavy atom. The van der Waals surface area contributed by atoms with E-state index in [2.05, 4.69) is 15.3 Å². The van der Waals surface area contributed by atoms with Crippen LogP contribution in [0.25, 0.3) is 0 Å². The van der Waals surface area contributed by atoms with Gasteiger partial charge in [-0.3, -0.25) is 9.78 Å². The molecule has 0 saturated heterocycles. The summed E-state index contributed by atoms with van der Waals surface area (Å²) in [6, 6.07) is 13.6. The minimum atomic E-state index is -0.644. The van der Waals surface area contributed by atoms with Crippen molar-refractivity contribution in [3.8, 4) is 0 Å². The number of carbonyl (C=O) groups excluding carboxylic acids is 1. The molecule has 3 N–H and O–H groups in total. The standard InChI is InChI=1S/C20H19FN4O/c21-16-6-1-4-14(12-16)8-11-25-20-17(7-3-10-24-20)18(19(22)26)15-5-2-9-23-13-15/h1-7,9-10,12-13,18H,8,11H2,(H2,22,26)(H,24,25). The first-order chi connectivity index (χ1) is 12.6. The van der Waals surface area contributed by atoms with Gasteiger partial charge in [-0.25, -0.2) is 9.37 Å². The predicted molar refractivity (Wildman–Crippen MR) is 98.1 cm³/mol. The second-order valence-corrected chi connectivity index (χ2v) is 5.87. The van der Waals surface area contributed by atoms with E-state index in [1.165, 1.54) is 12.1 Å². The van der Waals surface area contributed by atoms with E-state index in [4.69, 9.17) is 5.73 Å². The zero-order valence-electron chi connectivity index (χ0n) is 14.1. The van der Waals surface area contributed by atoms with Crippen molar-refractivity contribution in [3.05, 3.63) is 89.6 Å². The summed E-state index contributed by atoms with van der Waals surface area (Å²) in [6.07, 6.45) is 5.54. The van der Waals surface area contributed by atoms with Crippen LogP contribution in [-0.4, -0.2) is 22.4 Å². The number of rotatable bonds is 7. The number of anilines is 1. The van der Waals surface area contributed by atoms with Gasteiger partial charge in [0.2, 0.25) is 5.91 Å². The molecule has 132 valence electrons. The lowest BCUT2D eigenvalue weighted by Gasteiger charge is -2.18. The number of nitrogens with one attached hydrogen (secondary N) is 1. The highest BCUT2D eigenvalue weighted by atomic mass is 19.1. The Morgan fingerprint density at radius 3 is 2.73 bits per heavy atom. The van der Waals surface area contributed by atoms with Crippen molar-refractivity contribution in [3.63, 3.8) is 0 Å². The van der Waals surface area contributed by atoms with Crippen molar-refractivity contribution in [1.82, 2.24) is 9.97 Å². The fraction of sp³-hybridized carbons (Fsp3) is 0.150. The second-order valence-electron chi connectivity index (χ2n) is 5.87. The van der Waals surface area contributed by atoms with Crippen molar-refractivity contribution in [2.75, 3.05) is 11.9 Å². The number of benzene rings is 1. The lowest BCUT2D eigenvalue weighted by Crippen LogP contribution is -2.24. The van der Waals surface area contributed by atoms with Gasteiger partial charge in [0.25, 0.3) is 0 Å². The second kappa shape index (κ2) is 8.20. The van der Waals surface area contributed by atoms with Crippen LogP contribution in [0.3, 0.4) is 0 Å². The number of primary amides is 1. The van der Waals surface area contributed by atoms with E-state index in [1.54, 1.807) is 36.8 Å². The highest BCUT2D eigenvalue weighted by molar-refractivity contribution is 5.87. The van der Waals surface area contributed by atoms with Gasteiger partial charge < -0.3 is 11.1 Å². The number of hydrogen-bond donors (Lipinski definition) is 2. The van der Waals surface area contributed by atoms with Crippen LogP contribution in [0.4, 0.5) is 10.2 Å². The molecule has 0 fully saturated rings. The van der Waals surface area contributed by atoms with E-state index in [-0.39, 0.29) is 5.82 Å². The summed E-state index contributed by atoms with van der Waals surface area (Å²) in [6.45, 7) is 0.548. The van der Waals surface area contributed by atoms with Crippen LogP contribution in [-0.2, 0) is 11.2 Å². The first-order valence-corrected chi connectivity index (χ1v) is 8.27. The van der Waals surface area contributed by atoms with Gasteiger partial charge in [-0.1, -0.05) is 24.3 Å². The number of nitrogens with two attached hydrogens (primary N) is 1. The monoisotopic (exact) mass is 350 g/mol. The Morgan fingerprint density at radius 1 is 1.15 bits per heavy atom. The van der Waals surface area contributed by atoms with Crippen LogP contribution < -0.4 is 11.1 Å². The average molecular weight is 350 g/mol. The van der Waals surface area contributed by atoms with E-state index in [0.29, 0.717) is 29.9 Å². The van der Waals surface area contributed by atoms with Gasteiger partial charge in [-0.15, -0.1) is 0 Å². The van der Waals surface area contributed by atoms with E-state index in [0.717, 1.165) is 5.56 Å². The topological polar surface area (TPSA) is 80.9 Å². The predicted octanol–water partition coefficient (Wildman–Crippen LogP) is 2.89. The Labute approximate surface area is 151 Å². The molecule has 6 heteroatoms. The molecular weight excluding hydrogens is 331 g/mol. The first kappa shape index (κ1) is 17.5. The van der Waals surface area contributed by atoms with E-state index in [9.17, 15) is 9.18 Å². The van der Waals surface area contributed by atoms with Crippen LogP contribution in [0, 0.1) is 5.82 Å². The third kappa shape index (κ3) is 4.22. The molecule has 2 aromatic heterocycles. The van der Waals surface area contributed by atoms with Crippen molar-refractivity contribution in [2.45, 2.75) is 12.3 Å². The number of halogens is 1. The minimum Gasteiger partial charge on any atom is -0.369 e. The molecule has 1 amide bonds. The zero-order valence-corrected chi connectivity index (χ0v) is 14.1. The van der Waals surface area contributed by atoms with Gasteiger partial charge in [-0.05, 0) is 41.8 Å². The zero-order chi connectivity index (χ0) is 18.4. The lowest BCUT2D eigenvalue weighted by molar-refractivity contribution is -0.118. The van der Waals surface area contributed by atoms with E-state index >= 15 is 0 Å². The Bertz CT molecular complexity index is 886. The van der Waals surface area contributed by atoms with Crippen molar-refractivity contribution < 1.29 is 9.18 Å². The van der Waals surface area contributed by atoms with Gasteiger partial charge in [0.1, 0.15) is 11.6 Å². The Balaban J connectivity index is 1.80. The maximum absolute atomic E-state index is 13.3. The van der Waals surface area contributed by atoms with Crippen LogP contribution in [0.2, 0.25) is 0 Å². The van der Waals surface area contributed by atoms with Crippen molar-refractivity contribution in [2.24, 2.45) is 5.73 Å². The molecule has 3 aromatic rings. The molecule has 0 radical (unpaired) electrons. The van der Waals surface area contributed by atoms with Gasteiger partial charge in [0, 0.05) is 30.7 Å². The summed E-state index contributed by atoms with van der Waals surface area (Å²) < 4.78 is 13.3. The van der Waals surface area contributed by atoms with Crippen LogP contribution in [0.5, 0.6) is 0 Å². The molecule has 1 aromatic carbocycles. The third-order valence-corrected chi connectivity index (χ3v) is 4.05. The first-order valence-electron chi connectivity index (χ1n) is 8.27. The highest BCUT2D eigenvalue weighted by Gasteiger charge is 2.23. The quantitative estimate of drug-likeness (QED) is 0.686. The molecule has 26 heavy (non-hydrogen) atoms. The lowest BCUT2D eigenvalue weighted by atomic mass is 9.92. The number of amides is 1. The molecule has 0 spiro atoms. The van der Waals surface area contributed by atoms with Crippen molar-refractivity contribution >= 4 is 11.7 Å². The summed E-state index contributed by atoms with van der Waals surface area (Å²) in [5.74, 6) is -0.795. The highest BCUT2D eigenvalue weighted by Crippen LogP contribution is 2.28. The van der Waals surface area contributed by atoms with Crippen LogP contribution in [0.15, 0.2) is 67.1 Å². The molecule has 2 heterocycles. The summed E-state index contributed by atoms with van der Waals surface area (Å²) >= 11 is 0. The number of hydrogen-bond acceptors (Lipinski definition) is 4. The minimum absolute atomic E-state index is 0.258. The molecule has 3 rings (SSSR count). The maximum atomic E-state index is 13.3. The maximum Gasteiger partial charge on any atom is 0.229 e. The van der Waals surface area contributed by atoms with E-state index in [1.807, 2.05) is 18.2 Å². The fourth-order valence-corrected chi connectivity index (χ4v) is 2.86. The largest absolute Gasteiger partial charge is 0.369 e. The summed E-state index contributed by atoms with van der Waals surface area (Å²) in [4.78, 5) is 20.5. The Hall–Kier alpha value is -3.28. The third-order valence-electron chi connectivity index (χ3n) is 4.05. The molecule has 0 aliphatic heterocycles. The molecule has 0 saturated carbocycles. The smallest absolute Gasteiger partial charge is 0.229 e. The SMILES string of the molecule is NC(=O)C(c1cccnc1)c1cccnc1NCCc1cccc(F)c1. The molecule has 1 unspecified atom stereocenters. The van der Waals surface area contributed by atoms with Gasteiger partial charge >= 0.3 is 0 Å². The number of nitrogens with zero attached hydrogens (tertiary/aromatic N) is 2. The van der Waals surface area contributed by atoms with Crippen LogP contribution >= 0.6 is 0 Å². The summed E-state index contributed by atoms with van der Waals surface area (Å²) in [5.41, 5.74) is 7.92. The molecule has 1 atom stereocenters. The molecular formula is C20H19FN4O. The number of carbonyl (C=O) groups is 1. The molecule has 0 aliphatic carbocycles. The Kier molecular flexibility index (Phi) is 5.53. The normalized spacial score (nSPS) is 11.7. The fourth-order valence-electron chi connectivity index (χ4n) is 2.86. The number of aromatic nitrogens is 2. The van der Waals surface area contributed by atoms with Gasteiger partial charge in [0.15, 0.2) is 0 Å². The average Bonchev–Trinajstić information content (AvgIpc) is 2.64. The molecule has 0 bridgehead atoms. The molecule has 5 nitrogen and oxygen atoms in total.